The largest absolute Gasteiger partial charge is 0.463 e. The first-order valence-corrected chi connectivity index (χ1v) is 11.3. The number of benzene rings is 1. The van der Waals surface area contributed by atoms with E-state index in [4.69, 9.17) is 4.74 Å². The molecular formula is C24H33N3O4. The monoisotopic (exact) mass is 427 g/mol. The molecule has 0 aromatic heterocycles. The average molecular weight is 428 g/mol. The number of nitrogens with one attached hydrogen (secondary N) is 2. The fraction of sp³-hybridized carbons (Fsp3) is 0.542. The van der Waals surface area contributed by atoms with Gasteiger partial charge in [-0.05, 0) is 50.8 Å². The Kier molecular flexibility index (Phi) is 7.71. The second kappa shape index (κ2) is 10.5. The highest BCUT2D eigenvalue weighted by atomic mass is 16.5. The van der Waals surface area contributed by atoms with E-state index in [0.717, 1.165) is 37.7 Å². The maximum absolute atomic E-state index is 12.8. The average Bonchev–Trinajstić information content (AvgIpc) is 2.77. The number of anilines is 1. The lowest BCUT2D eigenvalue weighted by atomic mass is 9.88. The number of hydrogen-bond acceptors (Lipinski definition) is 4. The summed E-state index contributed by atoms with van der Waals surface area (Å²) >= 11 is 0. The van der Waals surface area contributed by atoms with Crippen LogP contribution in [0, 0.1) is 5.92 Å². The number of nitrogens with zero attached hydrogens (tertiary/aromatic N) is 1. The smallest absolute Gasteiger partial charge is 0.338 e. The van der Waals surface area contributed by atoms with Crippen molar-refractivity contribution in [3.8, 4) is 0 Å². The molecule has 1 saturated carbocycles. The molecule has 1 fully saturated rings. The first-order chi connectivity index (χ1) is 15.0. The predicted octanol–water partition coefficient (Wildman–Crippen LogP) is 4.52. The molecule has 1 aliphatic heterocycles. The molecule has 2 aliphatic rings. The molecule has 7 nitrogen and oxygen atoms in total. The number of ether oxygens (including phenoxy) is 1. The SMILES string of the molecule is CCCN1C(=O)N[C@@H](c2cccc(NC(=O)C3CCCCC3)c2)C(C(=O)OCC)=C1C. The number of rotatable bonds is 7. The summed E-state index contributed by atoms with van der Waals surface area (Å²) in [6, 6.07) is 6.46. The van der Waals surface area contributed by atoms with Crippen LogP contribution in [0.15, 0.2) is 35.5 Å². The van der Waals surface area contributed by atoms with Crippen molar-refractivity contribution in [1.29, 1.82) is 0 Å². The van der Waals surface area contributed by atoms with Crippen LogP contribution in [0.2, 0.25) is 0 Å². The van der Waals surface area contributed by atoms with Crippen molar-refractivity contribution in [3.63, 3.8) is 0 Å². The van der Waals surface area contributed by atoms with Gasteiger partial charge in [0, 0.05) is 23.8 Å². The van der Waals surface area contributed by atoms with E-state index in [1.807, 2.05) is 31.2 Å². The maximum atomic E-state index is 12.8. The van der Waals surface area contributed by atoms with Crippen molar-refractivity contribution in [2.45, 2.75) is 65.3 Å². The third-order valence-corrected chi connectivity index (χ3v) is 6.00. The summed E-state index contributed by atoms with van der Waals surface area (Å²) in [5.41, 5.74) is 2.42. The van der Waals surface area contributed by atoms with E-state index >= 15 is 0 Å². The lowest BCUT2D eigenvalue weighted by Gasteiger charge is -2.35. The van der Waals surface area contributed by atoms with Gasteiger partial charge in [0.1, 0.15) is 0 Å². The molecule has 1 heterocycles. The van der Waals surface area contributed by atoms with E-state index in [0.29, 0.717) is 23.5 Å². The minimum Gasteiger partial charge on any atom is -0.463 e. The summed E-state index contributed by atoms with van der Waals surface area (Å²) < 4.78 is 5.29. The molecule has 0 bridgehead atoms. The molecule has 31 heavy (non-hydrogen) atoms. The molecule has 0 radical (unpaired) electrons. The lowest BCUT2D eigenvalue weighted by molar-refractivity contribution is -0.139. The normalized spacial score (nSPS) is 19.8. The summed E-state index contributed by atoms with van der Waals surface area (Å²) in [5, 5.41) is 5.96. The molecule has 1 aliphatic carbocycles. The van der Waals surface area contributed by atoms with Crippen molar-refractivity contribution in [3.05, 3.63) is 41.1 Å². The summed E-state index contributed by atoms with van der Waals surface area (Å²) in [6.45, 7) is 6.29. The van der Waals surface area contributed by atoms with E-state index in [1.54, 1.807) is 18.7 Å². The van der Waals surface area contributed by atoms with Crippen molar-refractivity contribution in [1.82, 2.24) is 10.2 Å². The van der Waals surface area contributed by atoms with E-state index in [-0.39, 0.29) is 24.5 Å². The zero-order valence-corrected chi connectivity index (χ0v) is 18.7. The summed E-state index contributed by atoms with van der Waals surface area (Å²) in [6.07, 6.45) is 5.99. The maximum Gasteiger partial charge on any atom is 0.338 e. The standard InChI is InChI=1S/C24H33N3O4/c1-4-14-27-16(3)20(23(29)31-5-2)21(26-24(27)30)18-12-9-13-19(15-18)25-22(28)17-10-7-6-8-11-17/h9,12-13,15,17,21H,4-8,10-11,14H2,1-3H3,(H,25,28)(H,26,30)/t21-/m0/s1. The van der Waals surface area contributed by atoms with Crippen LogP contribution in [0.4, 0.5) is 10.5 Å². The highest BCUT2D eigenvalue weighted by molar-refractivity contribution is 5.95. The number of urea groups is 1. The second-order valence-corrected chi connectivity index (χ2v) is 8.20. The zero-order chi connectivity index (χ0) is 22.4. The molecule has 0 saturated heterocycles. The van der Waals surface area contributed by atoms with Crippen LogP contribution in [-0.4, -0.2) is 36.0 Å². The molecule has 168 valence electrons. The first kappa shape index (κ1) is 22.8. The predicted molar refractivity (Wildman–Crippen MR) is 119 cm³/mol. The summed E-state index contributed by atoms with van der Waals surface area (Å²) in [7, 11) is 0. The van der Waals surface area contributed by atoms with E-state index < -0.39 is 12.0 Å². The van der Waals surface area contributed by atoms with Crippen LogP contribution in [0.25, 0.3) is 0 Å². The molecule has 0 spiro atoms. The van der Waals surface area contributed by atoms with Gasteiger partial charge in [-0.1, -0.05) is 38.3 Å². The quantitative estimate of drug-likeness (QED) is 0.627. The van der Waals surface area contributed by atoms with Gasteiger partial charge in [-0.15, -0.1) is 0 Å². The molecular weight excluding hydrogens is 394 g/mol. The minimum atomic E-state index is -0.633. The topological polar surface area (TPSA) is 87.7 Å². The van der Waals surface area contributed by atoms with Gasteiger partial charge in [0.15, 0.2) is 0 Å². The second-order valence-electron chi connectivity index (χ2n) is 8.20. The van der Waals surface area contributed by atoms with Crippen molar-refractivity contribution >= 4 is 23.6 Å². The van der Waals surface area contributed by atoms with Gasteiger partial charge in [0.25, 0.3) is 0 Å². The van der Waals surface area contributed by atoms with Gasteiger partial charge >= 0.3 is 12.0 Å². The summed E-state index contributed by atoms with van der Waals surface area (Å²) in [4.78, 5) is 39.8. The van der Waals surface area contributed by atoms with Gasteiger partial charge in [-0.3, -0.25) is 9.69 Å². The van der Waals surface area contributed by atoms with Gasteiger partial charge in [-0.25, -0.2) is 9.59 Å². The Labute approximate surface area is 184 Å². The number of hydrogen-bond donors (Lipinski definition) is 2. The lowest BCUT2D eigenvalue weighted by Crippen LogP contribution is -2.48. The Hall–Kier alpha value is -2.83. The Morgan fingerprint density at radius 1 is 1.19 bits per heavy atom. The van der Waals surface area contributed by atoms with E-state index in [1.165, 1.54) is 6.42 Å². The molecule has 7 heteroatoms. The number of carbonyl (C=O) groups is 3. The Morgan fingerprint density at radius 2 is 1.94 bits per heavy atom. The highest BCUT2D eigenvalue weighted by Gasteiger charge is 2.36. The minimum absolute atomic E-state index is 0.0380. The molecule has 3 rings (SSSR count). The molecule has 0 unspecified atom stereocenters. The Balaban J connectivity index is 1.88. The molecule has 1 aromatic rings. The third kappa shape index (κ3) is 5.27. The van der Waals surface area contributed by atoms with Crippen LogP contribution in [-0.2, 0) is 14.3 Å². The van der Waals surface area contributed by atoms with Crippen LogP contribution < -0.4 is 10.6 Å². The molecule has 1 aromatic carbocycles. The van der Waals surface area contributed by atoms with Crippen LogP contribution in [0.1, 0.15) is 70.9 Å². The fourth-order valence-electron chi connectivity index (χ4n) is 4.40. The zero-order valence-electron chi connectivity index (χ0n) is 18.7. The number of allylic oxidation sites excluding steroid dienone is 1. The van der Waals surface area contributed by atoms with Crippen molar-refractivity contribution < 1.29 is 19.1 Å². The first-order valence-electron chi connectivity index (χ1n) is 11.3. The molecule has 2 N–H and O–H groups in total. The van der Waals surface area contributed by atoms with Gasteiger partial charge < -0.3 is 15.4 Å². The van der Waals surface area contributed by atoms with E-state index in [2.05, 4.69) is 10.6 Å². The van der Waals surface area contributed by atoms with Crippen LogP contribution in [0.5, 0.6) is 0 Å². The Morgan fingerprint density at radius 3 is 2.61 bits per heavy atom. The molecule has 1 atom stereocenters. The molecule has 3 amide bonds. The van der Waals surface area contributed by atoms with Crippen LogP contribution >= 0.6 is 0 Å². The van der Waals surface area contributed by atoms with Gasteiger partial charge in [-0.2, -0.15) is 0 Å². The van der Waals surface area contributed by atoms with Gasteiger partial charge in [0.05, 0.1) is 18.2 Å². The van der Waals surface area contributed by atoms with E-state index in [9.17, 15) is 14.4 Å². The van der Waals surface area contributed by atoms with Crippen LogP contribution in [0.3, 0.4) is 0 Å². The number of carbonyl (C=O) groups excluding carboxylic acids is 3. The Bertz CT molecular complexity index is 858. The van der Waals surface area contributed by atoms with Crippen molar-refractivity contribution in [2.24, 2.45) is 5.92 Å². The van der Waals surface area contributed by atoms with Gasteiger partial charge in [0.2, 0.25) is 5.91 Å². The third-order valence-electron chi connectivity index (χ3n) is 6.00. The number of esters is 1. The fourth-order valence-corrected chi connectivity index (χ4v) is 4.40. The highest BCUT2D eigenvalue weighted by Crippen LogP contribution is 2.33. The summed E-state index contributed by atoms with van der Waals surface area (Å²) in [5.74, 6) is -0.356. The van der Waals surface area contributed by atoms with Crippen molar-refractivity contribution in [2.75, 3.05) is 18.5 Å². The number of amides is 3.